The number of nitrogens with one attached hydrogen (secondary N) is 1. The van der Waals surface area contributed by atoms with Crippen molar-refractivity contribution < 1.29 is 9.59 Å². The van der Waals surface area contributed by atoms with E-state index in [1.165, 1.54) is 17.1 Å². The van der Waals surface area contributed by atoms with Crippen molar-refractivity contribution in [2.75, 3.05) is 0 Å². The summed E-state index contributed by atoms with van der Waals surface area (Å²) >= 11 is 18.3. The van der Waals surface area contributed by atoms with Crippen molar-refractivity contribution in [2.24, 2.45) is 0 Å². The van der Waals surface area contributed by atoms with E-state index in [0.717, 1.165) is 5.56 Å². The fraction of sp³-hybridized carbons (Fsp3) is 0.263. The molecule has 0 saturated heterocycles. The number of hydrogen-bond acceptors (Lipinski definition) is 2. The van der Waals surface area contributed by atoms with Crippen LogP contribution < -0.4 is 5.43 Å². The zero-order valence-electron chi connectivity index (χ0n) is 14.9. The Balaban J connectivity index is 2.38. The normalized spacial score (nSPS) is 11.2. The number of carbonyl (C=O) groups excluding carboxylic acids is 2. The lowest BCUT2D eigenvalue weighted by molar-refractivity contribution is 0.0359. The number of amides is 2. The van der Waals surface area contributed by atoms with Crippen LogP contribution in [0.4, 0.5) is 0 Å². The van der Waals surface area contributed by atoms with Crippen LogP contribution >= 0.6 is 34.8 Å². The summed E-state index contributed by atoms with van der Waals surface area (Å²) in [5, 5.41) is 2.21. The van der Waals surface area contributed by atoms with Gasteiger partial charge in [0.2, 0.25) is 0 Å². The van der Waals surface area contributed by atoms with Gasteiger partial charge in [-0.05, 0) is 57.5 Å². The number of aryl methyl sites for hydroxylation is 1. The Morgan fingerprint density at radius 2 is 1.65 bits per heavy atom. The van der Waals surface area contributed by atoms with Crippen molar-refractivity contribution >= 4 is 46.6 Å². The van der Waals surface area contributed by atoms with E-state index in [-0.39, 0.29) is 16.1 Å². The molecule has 0 unspecified atom stereocenters. The van der Waals surface area contributed by atoms with Gasteiger partial charge >= 0.3 is 0 Å². The third kappa shape index (κ3) is 4.50. The molecule has 0 heterocycles. The van der Waals surface area contributed by atoms with E-state index < -0.39 is 17.4 Å². The lowest BCUT2D eigenvalue weighted by Gasteiger charge is -2.35. The average Bonchev–Trinajstić information content (AvgIpc) is 2.53. The van der Waals surface area contributed by atoms with Crippen molar-refractivity contribution in [1.29, 1.82) is 0 Å². The largest absolute Gasteiger partial charge is 0.274 e. The first-order valence-electron chi connectivity index (χ1n) is 7.88. The van der Waals surface area contributed by atoms with Gasteiger partial charge in [-0.3, -0.25) is 15.0 Å². The van der Waals surface area contributed by atoms with Gasteiger partial charge in [0.05, 0.1) is 26.7 Å². The molecule has 0 spiro atoms. The highest BCUT2D eigenvalue weighted by Gasteiger charge is 2.31. The summed E-state index contributed by atoms with van der Waals surface area (Å²) in [5.74, 6) is -0.927. The van der Waals surface area contributed by atoms with Crippen molar-refractivity contribution in [3.05, 3.63) is 68.2 Å². The lowest BCUT2D eigenvalue weighted by Crippen LogP contribution is -2.56. The summed E-state index contributed by atoms with van der Waals surface area (Å²) in [5.41, 5.74) is 3.25. The first kappa shape index (κ1) is 20.6. The minimum atomic E-state index is -0.702. The van der Waals surface area contributed by atoms with Gasteiger partial charge < -0.3 is 0 Å². The van der Waals surface area contributed by atoms with Gasteiger partial charge in [0.25, 0.3) is 11.8 Å². The fourth-order valence-corrected chi connectivity index (χ4v) is 2.99. The van der Waals surface area contributed by atoms with Gasteiger partial charge in [0, 0.05) is 5.02 Å². The van der Waals surface area contributed by atoms with E-state index in [1.807, 2.05) is 0 Å². The van der Waals surface area contributed by atoms with Crippen LogP contribution in [0.5, 0.6) is 0 Å². The molecule has 0 saturated carbocycles. The number of halogens is 3. The van der Waals surface area contributed by atoms with Crippen LogP contribution in [-0.2, 0) is 0 Å². The second kappa shape index (κ2) is 7.87. The summed E-state index contributed by atoms with van der Waals surface area (Å²) in [6.07, 6.45) is 0. The van der Waals surface area contributed by atoms with Crippen LogP contribution in [0, 0.1) is 6.92 Å². The predicted octanol–water partition coefficient (Wildman–Crippen LogP) is 5.54. The third-order valence-corrected chi connectivity index (χ3v) is 4.73. The van der Waals surface area contributed by atoms with Gasteiger partial charge in [-0.15, -0.1) is 0 Å². The van der Waals surface area contributed by atoms with Crippen LogP contribution in [0.2, 0.25) is 15.1 Å². The monoisotopic (exact) mass is 412 g/mol. The molecule has 138 valence electrons. The molecule has 0 radical (unpaired) electrons. The number of hydrazine groups is 1. The summed E-state index contributed by atoms with van der Waals surface area (Å²) in [6.45, 7) is 7.20. The van der Waals surface area contributed by atoms with E-state index in [1.54, 1.807) is 52.0 Å². The molecule has 2 amide bonds. The summed E-state index contributed by atoms with van der Waals surface area (Å²) in [7, 11) is 0. The second-order valence-corrected chi connectivity index (χ2v) is 8.03. The molecule has 2 aromatic carbocycles. The lowest BCUT2D eigenvalue weighted by atomic mass is 10.1. The minimum Gasteiger partial charge on any atom is -0.267 e. The van der Waals surface area contributed by atoms with E-state index in [0.29, 0.717) is 10.0 Å². The molecule has 0 atom stereocenters. The SMILES string of the molecule is Cc1cccc(C(=O)NN(C(=O)c2ccc(Cl)cc2Cl)C(C)(C)C)c1Cl. The Morgan fingerprint density at radius 1 is 1.00 bits per heavy atom. The fourth-order valence-electron chi connectivity index (χ4n) is 2.29. The maximum Gasteiger partial charge on any atom is 0.274 e. The summed E-state index contributed by atoms with van der Waals surface area (Å²) in [4.78, 5) is 25.7. The topological polar surface area (TPSA) is 49.4 Å². The maximum atomic E-state index is 13.0. The predicted molar refractivity (Wildman–Crippen MR) is 106 cm³/mol. The van der Waals surface area contributed by atoms with Crippen molar-refractivity contribution in [3.8, 4) is 0 Å². The summed E-state index contributed by atoms with van der Waals surface area (Å²) < 4.78 is 0. The zero-order valence-corrected chi connectivity index (χ0v) is 17.1. The smallest absolute Gasteiger partial charge is 0.267 e. The van der Waals surface area contributed by atoms with Gasteiger partial charge in [0.1, 0.15) is 0 Å². The number of carbonyl (C=O) groups is 2. The van der Waals surface area contributed by atoms with E-state index in [4.69, 9.17) is 34.8 Å². The Kier molecular flexibility index (Phi) is 6.22. The molecule has 0 aliphatic rings. The average molecular weight is 414 g/mol. The van der Waals surface area contributed by atoms with Crippen LogP contribution in [0.1, 0.15) is 47.1 Å². The number of rotatable bonds is 2. The number of hydrogen-bond donors (Lipinski definition) is 1. The van der Waals surface area contributed by atoms with Gasteiger partial charge in [0.15, 0.2) is 0 Å². The van der Waals surface area contributed by atoms with E-state index in [9.17, 15) is 9.59 Å². The van der Waals surface area contributed by atoms with E-state index >= 15 is 0 Å². The molecule has 7 heteroatoms. The molecule has 1 N–H and O–H groups in total. The molecule has 0 aromatic heterocycles. The second-order valence-electron chi connectivity index (χ2n) is 6.81. The molecule has 0 bridgehead atoms. The standard InChI is InChI=1S/C19H19Cl3N2O2/c1-11-6-5-7-14(16(11)22)17(25)23-24(19(2,3)4)18(26)13-9-8-12(20)10-15(13)21/h5-10H,1-4H3,(H,23,25). The minimum absolute atomic E-state index is 0.208. The molecule has 0 aliphatic heterocycles. The highest BCUT2D eigenvalue weighted by Crippen LogP contribution is 2.25. The Bertz CT molecular complexity index is 860. The Labute approximate surface area is 168 Å². The molecule has 4 nitrogen and oxygen atoms in total. The van der Waals surface area contributed by atoms with Gasteiger partial charge in [-0.2, -0.15) is 0 Å². The van der Waals surface area contributed by atoms with Crippen LogP contribution in [-0.4, -0.2) is 22.4 Å². The molecule has 26 heavy (non-hydrogen) atoms. The molecule has 2 aromatic rings. The van der Waals surface area contributed by atoms with Crippen LogP contribution in [0.15, 0.2) is 36.4 Å². The molecular weight excluding hydrogens is 395 g/mol. The Hall–Kier alpha value is -1.75. The van der Waals surface area contributed by atoms with Crippen molar-refractivity contribution in [1.82, 2.24) is 10.4 Å². The molecule has 0 fully saturated rings. The van der Waals surface area contributed by atoms with Crippen LogP contribution in [0.25, 0.3) is 0 Å². The third-order valence-electron chi connectivity index (χ3n) is 3.69. The first-order chi connectivity index (χ1) is 12.0. The number of nitrogens with zero attached hydrogens (tertiary/aromatic N) is 1. The van der Waals surface area contributed by atoms with Gasteiger partial charge in [-0.25, -0.2) is 5.01 Å². The highest BCUT2D eigenvalue weighted by molar-refractivity contribution is 6.37. The zero-order chi connectivity index (χ0) is 19.6. The first-order valence-corrected chi connectivity index (χ1v) is 9.01. The van der Waals surface area contributed by atoms with E-state index in [2.05, 4.69) is 5.43 Å². The molecule has 2 rings (SSSR count). The molecule has 0 aliphatic carbocycles. The van der Waals surface area contributed by atoms with Crippen molar-refractivity contribution in [2.45, 2.75) is 33.2 Å². The highest BCUT2D eigenvalue weighted by atomic mass is 35.5. The van der Waals surface area contributed by atoms with Crippen molar-refractivity contribution in [3.63, 3.8) is 0 Å². The quantitative estimate of drug-likeness (QED) is 0.657. The Morgan fingerprint density at radius 3 is 2.23 bits per heavy atom. The molecular formula is C19H19Cl3N2O2. The summed E-state index contributed by atoms with van der Waals surface area (Å²) in [6, 6.07) is 9.72. The van der Waals surface area contributed by atoms with Crippen LogP contribution in [0.3, 0.4) is 0 Å². The number of benzene rings is 2. The van der Waals surface area contributed by atoms with Gasteiger partial charge in [-0.1, -0.05) is 46.9 Å². The maximum absolute atomic E-state index is 13.0.